The Morgan fingerprint density at radius 2 is 1.71 bits per heavy atom. The lowest BCUT2D eigenvalue weighted by Gasteiger charge is -2.32. The van der Waals surface area contributed by atoms with E-state index < -0.39 is 0 Å². The molecule has 0 amide bonds. The molecule has 144 valence electrons. The maximum Gasteiger partial charge on any atom is 0.258 e. The number of aliphatic imine (C=N–C) groups is 1. The third kappa shape index (κ3) is 3.98. The zero-order valence-corrected chi connectivity index (χ0v) is 15.9. The Morgan fingerprint density at radius 3 is 2.43 bits per heavy atom. The molecule has 2 heterocycles. The van der Waals surface area contributed by atoms with Gasteiger partial charge in [-0.15, -0.1) is 0 Å². The van der Waals surface area contributed by atoms with Crippen LogP contribution in [0.5, 0.6) is 5.88 Å². The number of piperazine rings is 1. The van der Waals surface area contributed by atoms with E-state index in [2.05, 4.69) is 39.0 Å². The Labute approximate surface area is 163 Å². The molecule has 0 aliphatic carbocycles. The number of benzene rings is 2. The normalized spacial score (nSPS) is 16.2. The van der Waals surface area contributed by atoms with Crippen molar-refractivity contribution in [1.29, 1.82) is 0 Å². The lowest BCUT2D eigenvalue weighted by Crippen LogP contribution is -2.43. The van der Waals surface area contributed by atoms with Crippen LogP contribution in [0, 0.1) is 0 Å². The molecule has 1 fully saturated rings. The van der Waals surface area contributed by atoms with E-state index in [0.29, 0.717) is 16.3 Å². The maximum atomic E-state index is 12.0. The molecule has 2 aromatic carbocycles. The quantitative estimate of drug-likeness (QED) is 0.687. The monoisotopic (exact) mass is 376 g/mol. The lowest BCUT2D eigenvalue weighted by atomic mass is 10.1. The van der Waals surface area contributed by atoms with Gasteiger partial charge < -0.3 is 10.0 Å². The Hall–Kier alpha value is -2.96. The molecule has 0 spiro atoms. The highest BCUT2D eigenvalue weighted by Gasteiger charge is 2.13. The van der Waals surface area contributed by atoms with Crippen LogP contribution in [0.2, 0.25) is 0 Å². The second-order valence-corrected chi connectivity index (χ2v) is 7.27. The van der Waals surface area contributed by atoms with Gasteiger partial charge in [-0.3, -0.25) is 19.7 Å². The third-order valence-electron chi connectivity index (χ3n) is 5.23. The first kappa shape index (κ1) is 18.4. The van der Waals surface area contributed by atoms with Gasteiger partial charge in [-0.2, -0.15) is 0 Å². The number of aromatic amines is 1. The van der Waals surface area contributed by atoms with Crippen LogP contribution in [-0.4, -0.2) is 59.3 Å². The van der Waals surface area contributed by atoms with E-state index in [1.807, 2.05) is 24.3 Å². The first-order chi connectivity index (χ1) is 13.6. The summed E-state index contributed by atoms with van der Waals surface area (Å²) in [7, 11) is 2.16. The molecular formula is C22H24N4O2. The van der Waals surface area contributed by atoms with E-state index in [0.717, 1.165) is 38.4 Å². The molecular weight excluding hydrogens is 352 g/mol. The van der Waals surface area contributed by atoms with Crippen molar-refractivity contribution in [2.45, 2.75) is 6.54 Å². The molecule has 0 unspecified atom stereocenters. The van der Waals surface area contributed by atoms with Gasteiger partial charge in [0, 0.05) is 49.7 Å². The first-order valence-electron chi connectivity index (χ1n) is 9.48. The highest BCUT2D eigenvalue weighted by Crippen LogP contribution is 2.22. The summed E-state index contributed by atoms with van der Waals surface area (Å²) in [6.45, 7) is 5.35. The fourth-order valence-corrected chi connectivity index (χ4v) is 3.51. The number of fused-ring (bicyclic) bond motifs is 1. The number of hydrogen-bond acceptors (Lipinski definition) is 5. The van der Waals surface area contributed by atoms with Crippen LogP contribution in [0.25, 0.3) is 10.8 Å². The van der Waals surface area contributed by atoms with Gasteiger partial charge in [0.2, 0.25) is 5.88 Å². The Bertz CT molecular complexity index is 1050. The summed E-state index contributed by atoms with van der Waals surface area (Å²) in [6, 6.07) is 15.3. The average molecular weight is 376 g/mol. The van der Waals surface area contributed by atoms with E-state index in [9.17, 15) is 9.90 Å². The van der Waals surface area contributed by atoms with Gasteiger partial charge in [-0.05, 0) is 30.8 Å². The summed E-state index contributed by atoms with van der Waals surface area (Å²) in [5.41, 5.74) is 2.27. The molecule has 0 bridgehead atoms. The van der Waals surface area contributed by atoms with E-state index >= 15 is 0 Å². The van der Waals surface area contributed by atoms with Crippen LogP contribution < -0.4 is 5.56 Å². The number of hydrogen-bond donors (Lipinski definition) is 2. The molecule has 3 aromatic rings. The average Bonchev–Trinajstić information content (AvgIpc) is 2.71. The molecule has 0 radical (unpaired) electrons. The number of nitrogens with zero attached hydrogens (tertiary/aromatic N) is 3. The largest absolute Gasteiger partial charge is 0.494 e. The molecule has 1 saturated heterocycles. The maximum absolute atomic E-state index is 12.0. The molecule has 1 aliphatic rings. The minimum absolute atomic E-state index is 0.167. The highest BCUT2D eigenvalue weighted by molar-refractivity contribution is 6.01. The van der Waals surface area contributed by atoms with Crippen LogP contribution in [0.1, 0.15) is 11.1 Å². The van der Waals surface area contributed by atoms with Crippen molar-refractivity contribution in [3.63, 3.8) is 0 Å². The van der Waals surface area contributed by atoms with Crippen molar-refractivity contribution in [2.75, 3.05) is 33.2 Å². The first-order valence-corrected chi connectivity index (χ1v) is 9.48. The fraction of sp³-hybridized carbons (Fsp3) is 0.273. The summed E-state index contributed by atoms with van der Waals surface area (Å²) in [4.78, 5) is 23.8. The van der Waals surface area contributed by atoms with Crippen LogP contribution in [0.3, 0.4) is 0 Å². The van der Waals surface area contributed by atoms with Gasteiger partial charge in [-0.1, -0.05) is 30.3 Å². The summed E-state index contributed by atoms with van der Waals surface area (Å²) in [6.07, 6.45) is 1.60. The molecule has 1 aromatic heterocycles. The van der Waals surface area contributed by atoms with Crippen molar-refractivity contribution in [3.8, 4) is 5.88 Å². The predicted molar refractivity (Wildman–Crippen MR) is 113 cm³/mol. The number of pyridine rings is 1. The predicted octanol–water partition coefficient (Wildman–Crippen LogP) is 2.73. The summed E-state index contributed by atoms with van der Waals surface area (Å²) < 4.78 is 0. The molecule has 6 nitrogen and oxygen atoms in total. The van der Waals surface area contributed by atoms with Gasteiger partial charge in [0.15, 0.2) is 0 Å². The standard InChI is InChI=1S/C22H24N4O2/c1-25-10-12-26(13-11-25)15-16-6-8-17(9-7-16)23-14-20-18-4-2-3-5-19(18)21(27)24-22(20)28/h2-9,14H,10-13,15H2,1H3,(H2,24,27,28). The van der Waals surface area contributed by atoms with Crippen LogP contribution >= 0.6 is 0 Å². The second-order valence-electron chi connectivity index (χ2n) is 7.27. The van der Waals surface area contributed by atoms with Crippen LogP contribution in [0.15, 0.2) is 58.3 Å². The van der Waals surface area contributed by atoms with Crippen molar-refractivity contribution in [3.05, 3.63) is 70.0 Å². The third-order valence-corrected chi connectivity index (χ3v) is 5.23. The Balaban J connectivity index is 1.51. The van der Waals surface area contributed by atoms with Crippen LogP contribution in [-0.2, 0) is 6.54 Å². The van der Waals surface area contributed by atoms with E-state index in [1.165, 1.54) is 5.56 Å². The number of nitrogens with one attached hydrogen (secondary N) is 1. The van der Waals surface area contributed by atoms with Crippen molar-refractivity contribution >= 4 is 22.7 Å². The Morgan fingerprint density at radius 1 is 1.04 bits per heavy atom. The molecule has 0 atom stereocenters. The summed E-state index contributed by atoms with van der Waals surface area (Å²) in [5.74, 6) is -0.167. The highest BCUT2D eigenvalue weighted by atomic mass is 16.3. The van der Waals surface area contributed by atoms with Crippen molar-refractivity contribution in [1.82, 2.24) is 14.8 Å². The molecule has 4 rings (SSSR count). The molecule has 28 heavy (non-hydrogen) atoms. The molecule has 6 heteroatoms. The Kier molecular flexibility index (Phi) is 5.23. The molecule has 2 N–H and O–H groups in total. The number of rotatable bonds is 4. The second kappa shape index (κ2) is 7.96. The fourth-order valence-electron chi connectivity index (χ4n) is 3.51. The van der Waals surface area contributed by atoms with Gasteiger partial charge >= 0.3 is 0 Å². The van der Waals surface area contributed by atoms with Gasteiger partial charge in [0.1, 0.15) is 0 Å². The van der Waals surface area contributed by atoms with E-state index in [4.69, 9.17) is 0 Å². The SMILES string of the molecule is CN1CCN(Cc2ccc(N=Cc3c(O)[nH]c(=O)c4ccccc34)cc2)CC1. The molecule has 1 aliphatic heterocycles. The minimum atomic E-state index is -0.307. The van der Waals surface area contributed by atoms with Gasteiger partial charge in [0.25, 0.3) is 5.56 Å². The number of H-pyrrole nitrogens is 1. The lowest BCUT2D eigenvalue weighted by molar-refractivity contribution is 0.148. The van der Waals surface area contributed by atoms with E-state index in [-0.39, 0.29) is 11.4 Å². The number of aromatic hydroxyl groups is 1. The number of likely N-dealkylation sites (N-methyl/N-ethyl adjacent to an activating group) is 1. The van der Waals surface area contributed by atoms with Crippen molar-refractivity contribution in [2.24, 2.45) is 4.99 Å². The smallest absolute Gasteiger partial charge is 0.258 e. The van der Waals surface area contributed by atoms with E-state index in [1.54, 1.807) is 18.3 Å². The molecule has 0 saturated carbocycles. The zero-order valence-electron chi connectivity index (χ0n) is 15.9. The van der Waals surface area contributed by atoms with Crippen LogP contribution in [0.4, 0.5) is 5.69 Å². The summed E-state index contributed by atoms with van der Waals surface area (Å²) in [5, 5.41) is 11.4. The minimum Gasteiger partial charge on any atom is -0.494 e. The zero-order chi connectivity index (χ0) is 19.5. The van der Waals surface area contributed by atoms with Gasteiger partial charge in [0.05, 0.1) is 11.3 Å². The number of aromatic nitrogens is 1. The topological polar surface area (TPSA) is 71.9 Å². The van der Waals surface area contributed by atoms with Crippen molar-refractivity contribution < 1.29 is 5.11 Å². The summed E-state index contributed by atoms with van der Waals surface area (Å²) >= 11 is 0. The van der Waals surface area contributed by atoms with Gasteiger partial charge in [-0.25, -0.2) is 0 Å².